The van der Waals surface area contributed by atoms with Gasteiger partial charge in [0.15, 0.2) is 0 Å². The SMILES string of the molecule is CCc1cc(=O)n(CC(=O)Nc2cccc(Cl)c2)cn1. The van der Waals surface area contributed by atoms with Crippen molar-refractivity contribution < 1.29 is 4.79 Å². The zero-order valence-corrected chi connectivity index (χ0v) is 11.7. The zero-order chi connectivity index (χ0) is 14.5. The third-order valence-electron chi connectivity index (χ3n) is 2.72. The van der Waals surface area contributed by atoms with Gasteiger partial charge < -0.3 is 5.32 Å². The fourth-order valence-corrected chi connectivity index (χ4v) is 1.89. The number of hydrogen-bond donors (Lipinski definition) is 1. The highest BCUT2D eigenvalue weighted by molar-refractivity contribution is 6.30. The molecule has 0 atom stereocenters. The van der Waals surface area contributed by atoms with Gasteiger partial charge in [-0.1, -0.05) is 24.6 Å². The molecule has 1 aromatic heterocycles. The van der Waals surface area contributed by atoms with Crippen LogP contribution in [-0.2, 0) is 17.8 Å². The number of amides is 1. The quantitative estimate of drug-likeness (QED) is 0.938. The summed E-state index contributed by atoms with van der Waals surface area (Å²) in [4.78, 5) is 27.7. The Balaban J connectivity index is 2.07. The van der Waals surface area contributed by atoms with Gasteiger partial charge in [-0.2, -0.15) is 0 Å². The fraction of sp³-hybridized carbons (Fsp3) is 0.214. The van der Waals surface area contributed by atoms with Crippen molar-refractivity contribution in [1.82, 2.24) is 9.55 Å². The van der Waals surface area contributed by atoms with E-state index in [1.807, 2.05) is 6.92 Å². The molecule has 104 valence electrons. The van der Waals surface area contributed by atoms with E-state index in [2.05, 4.69) is 10.3 Å². The van der Waals surface area contributed by atoms with Crippen LogP contribution in [0.3, 0.4) is 0 Å². The predicted molar refractivity (Wildman–Crippen MR) is 78.0 cm³/mol. The van der Waals surface area contributed by atoms with Gasteiger partial charge in [-0.15, -0.1) is 0 Å². The molecule has 5 nitrogen and oxygen atoms in total. The highest BCUT2D eigenvalue weighted by Gasteiger charge is 2.06. The first-order valence-electron chi connectivity index (χ1n) is 6.19. The second-order valence-electron chi connectivity index (χ2n) is 4.26. The van der Waals surface area contributed by atoms with Crippen molar-refractivity contribution in [2.45, 2.75) is 19.9 Å². The Morgan fingerprint density at radius 2 is 2.20 bits per heavy atom. The molecule has 0 unspecified atom stereocenters. The topological polar surface area (TPSA) is 64.0 Å². The summed E-state index contributed by atoms with van der Waals surface area (Å²) in [7, 11) is 0. The standard InChI is InChI=1S/C14H14ClN3O2/c1-2-11-7-14(20)18(9-16-11)8-13(19)17-12-5-3-4-10(15)6-12/h3-7,9H,2,8H2,1H3,(H,17,19). The molecule has 0 spiro atoms. The number of nitrogens with zero attached hydrogens (tertiary/aromatic N) is 2. The molecule has 0 fully saturated rings. The van der Waals surface area contributed by atoms with Gasteiger partial charge in [0.25, 0.3) is 5.56 Å². The summed E-state index contributed by atoms with van der Waals surface area (Å²) in [6.45, 7) is 1.83. The summed E-state index contributed by atoms with van der Waals surface area (Å²) in [5.74, 6) is -0.305. The largest absolute Gasteiger partial charge is 0.324 e. The molecular weight excluding hydrogens is 278 g/mol. The smallest absolute Gasteiger partial charge is 0.253 e. The summed E-state index contributed by atoms with van der Waals surface area (Å²) in [5.41, 5.74) is 1.06. The molecule has 1 N–H and O–H groups in total. The first-order valence-corrected chi connectivity index (χ1v) is 6.57. The van der Waals surface area contributed by atoms with Crippen LogP contribution in [0.1, 0.15) is 12.6 Å². The first kappa shape index (κ1) is 14.3. The van der Waals surface area contributed by atoms with E-state index in [4.69, 9.17) is 11.6 Å². The van der Waals surface area contributed by atoms with Crippen molar-refractivity contribution in [1.29, 1.82) is 0 Å². The number of aryl methyl sites for hydroxylation is 1. The van der Waals surface area contributed by atoms with Gasteiger partial charge >= 0.3 is 0 Å². The van der Waals surface area contributed by atoms with E-state index in [0.717, 1.165) is 0 Å². The van der Waals surface area contributed by atoms with Gasteiger partial charge in [0.05, 0.1) is 6.33 Å². The number of aromatic nitrogens is 2. The molecule has 0 radical (unpaired) electrons. The minimum Gasteiger partial charge on any atom is -0.324 e. The van der Waals surface area contributed by atoms with Gasteiger partial charge in [-0.25, -0.2) is 4.98 Å². The summed E-state index contributed by atoms with van der Waals surface area (Å²) in [5, 5.41) is 3.21. The Hall–Kier alpha value is -2.14. The van der Waals surface area contributed by atoms with Crippen molar-refractivity contribution in [2.24, 2.45) is 0 Å². The van der Waals surface area contributed by atoms with Crippen LogP contribution in [0.15, 0.2) is 41.5 Å². The fourth-order valence-electron chi connectivity index (χ4n) is 1.70. The average molecular weight is 292 g/mol. The van der Waals surface area contributed by atoms with Crippen LogP contribution in [0.2, 0.25) is 5.02 Å². The van der Waals surface area contributed by atoms with E-state index in [9.17, 15) is 9.59 Å². The molecule has 0 aliphatic carbocycles. The van der Waals surface area contributed by atoms with Crippen LogP contribution < -0.4 is 10.9 Å². The van der Waals surface area contributed by atoms with E-state index >= 15 is 0 Å². The Morgan fingerprint density at radius 3 is 2.85 bits per heavy atom. The van der Waals surface area contributed by atoms with Gasteiger partial charge in [-0.05, 0) is 24.6 Å². The second kappa shape index (κ2) is 6.34. The number of anilines is 1. The van der Waals surface area contributed by atoms with Crippen molar-refractivity contribution in [3.63, 3.8) is 0 Å². The van der Waals surface area contributed by atoms with Crippen molar-refractivity contribution in [2.75, 3.05) is 5.32 Å². The Kier molecular flexibility index (Phi) is 4.53. The second-order valence-corrected chi connectivity index (χ2v) is 4.69. The van der Waals surface area contributed by atoms with Crippen LogP contribution in [0, 0.1) is 0 Å². The van der Waals surface area contributed by atoms with Crippen molar-refractivity contribution >= 4 is 23.2 Å². The van der Waals surface area contributed by atoms with Crippen LogP contribution in [0.5, 0.6) is 0 Å². The lowest BCUT2D eigenvalue weighted by molar-refractivity contribution is -0.116. The molecule has 0 saturated heterocycles. The molecule has 2 rings (SSSR count). The monoisotopic (exact) mass is 291 g/mol. The Labute approximate surface area is 121 Å². The molecule has 1 heterocycles. The van der Waals surface area contributed by atoms with Crippen LogP contribution in [0.4, 0.5) is 5.69 Å². The maximum Gasteiger partial charge on any atom is 0.253 e. The van der Waals surface area contributed by atoms with Gasteiger partial charge in [0.2, 0.25) is 5.91 Å². The summed E-state index contributed by atoms with van der Waals surface area (Å²) >= 11 is 5.83. The number of halogens is 1. The third-order valence-corrected chi connectivity index (χ3v) is 2.96. The average Bonchev–Trinajstić information content (AvgIpc) is 2.41. The van der Waals surface area contributed by atoms with E-state index in [1.165, 1.54) is 17.0 Å². The molecule has 0 aliphatic heterocycles. The molecule has 0 aliphatic rings. The molecule has 2 aromatic rings. The molecular formula is C14H14ClN3O2. The predicted octanol–water partition coefficient (Wildman–Crippen LogP) is 2.10. The number of rotatable bonds is 4. The number of benzene rings is 1. The summed E-state index contributed by atoms with van der Waals surface area (Å²) in [6, 6.07) is 8.26. The first-order chi connectivity index (χ1) is 9.58. The molecule has 0 bridgehead atoms. The van der Waals surface area contributed by atoms with Gasteiger partial charge in [0.1, 0.15) is 6.54 Å². The summed E-state index contributed by atoms with van der Waals surface area (Å²) < 4.78 is 1.26. The lowest BCUT2D eigenvalue weighted by Gasteiger charge is -2.07. The normalized spacial score (nSPS) is 10.3. The zero-order valence-electron chi connectivity index (χ0n) is 11.0. The van der Waals surface area contributed by atoms with Crippen LogP contribution in [-0.4, -0.2) is 15.5 Å². The molecule has 1 amide bonds. The lowest BCUT2D eigenvalue weighted by atomic mass is 10.3. The van der Waals surface area contributed by atoms with Gasteiger partial charge in [-0.3, -0.25) is 14.2 Å². The lowest BCUT2D eigenvalue weighted by Crippen LogP contribution is -2.27. The highest BCUT2D eigenvalue weighted by Crippen LogP contribution is 2.14. The number of nitrogens with one attached hydrogen (secondary N) is 1. The van der Waals surface area contributed by atoms with Gasteiger partial charge in [0, 0.05) is 22.5 Å². The molecule has 0 saturated carbocycles. The molecule has 1 aromatic carbocycles. The van der Waals surface area contributed by atoms with Crippen LogP contribution in [0.25, 0.3) is 0 Å². The maximum atomic E-state index is 11.9. The van der Waals surface area contributed by atoms with E-state index in [-0.39, 0.29) is 18.0 Å². The Bertz CT molecular complexity index is 682. The number of carbonyl (C=O) groups excluding carboxylic acids is 1. The Morgan fingerprint density at radius 1 is 1.40 bits per heavy atom. The minimum absolute atomic E-state index is 0.0810. The number of carbonyl (C=O) groups is 1. The van der Waals surface area contributed by atoms with E-state index in [1.54, 1.807) is 24.3 Å². The highest BCUT2D eigenvalue weighted by atomic mass is 35.5. The van der Waals surface area contributed by atoms with E-state index in [0.29, 0.717) is 22.8 Å². The summed E-state index contributed by atoms with van der Waals surface area (Å²) in [6.07, 6.45) is 2.07. The molecule has 20 heavy (non-hydrogen) atoms. The number of hydrogen-bond acceptors (Lipinski definition) is 3. The molecule has 6 heteroatoms. The maximum absolute atomic E-state index is 11.9. The van der Waals surface area contributed by atoms with Crippen molar-refractivity contribution in [3.05, 3.63) is 57.7 Å². The minimum atomic E-state index is -0.305. The van der Waals surface area contributed by atoms with Crippen LogP contribution >= 0.6 is 11.6 Å². The van der Waals surface area contributed by atoms with Crippen molar-refractivity contribution in [3.8, 4) is 0 Å². The van der Waals surface area contributed by atoms with E-state index < -0.39 is 0 Å². The third kappa shape index (κ3) is 3.68.